The molecular formula is C16H19BO3. The summed E-state index contributed by atoms with van der Waals surface area (Å²) in [5.74, 6) is 0.918. The third kappa shape index (κ3) is 3.41. The molecule has 0 saturated carbocycles. The first kappa shape index (κ1) is 14.6. The van der Waals surface area contributed by atoms with Crippen molar-refractivity contribution in [2.45, 2.75) is 27.4 Å². The highest BCUT2D eigenvalue weighted by Gasteiger charge is 2.10. The average molecular weight is 270 g/mol. The predicted molar refractivity (Wildman–Crippen MR) is 81.3 cm³/mol. The fraction of sp³-hybridized carbons (Fsp3) is 0.250. The van der Waals surface area contributed by atoms with Crippen LogP contribution in [0.15, 0.2) is 36.4 Å². The zero-order chi connectivity index (χ0) is 14.7. The van der Waals surface area contributed by atoms with E-state index in [4.69, 9.17) is 14.8 Å². The third-order valence-electron chi connectivity index (χ3n) is 3.27. The zero-order valence-corrected chi connectivity index (χ0v) is 12.1. The van der Waals surface area contributed by atoms with Crippen molar-refractivity contribution < 1.29 is 14.8 Å². The molecule has 0 aliphatic heterocycles. The van der Waals surface area contributed by atoms with E-state index < -0.39 is 7.12 Å². The van der Waals surface area contributed by atoms with Gasteiger partial charge >= 0.3 is 7.12 Å². The van der Waals surface area contributed by atoms with Gasteiger partial charge in [-0.3, -0.25) is 0 Å². The molecule has 0 aromatic heterocycles. The van der Waals surface area contributed by atoms with E-state index in [2.05, 4.69) is 19.1 Å². The molecule has 0 fully saturated rings. The Hall–Kier alpha value is -1.78. The van der Waals surface area contributed by atoms with Crippen LogP contribution in [0.5, 0.6) is 5.75 Å². The van der Waals surface area contributed by atoms with Gasteiger partial charge in [0.1, 0.15) is 12.4 Å². The molecule has 0 amide bonds. The van der Waals surface area contributed by atoms with Crippen LogP contribution in [0.4, 0.5) is 0 Å². The minimum absolute atomic E-state index is 0.465. The lowest BCUT2D eigenvalue weighted by Crippen LogP contribution is -2.29. The van der Waals surface area contributed by atoms with E-state index in [0.717, 1.165) is 22.4 Å². The van der Waals surface area contributed by atoms with Crippen molar-refractivity contribution in [2.24, 2.45) is 0 Å². The maximum Gasteiger partial charge on any atom is 0.488 e. The highest BCUT2D eigenvalue weighted by molar-refractivity contribution is 6.58. The Balaban J connectivity index is 2.09. The van der Waals surface area contributed by atoms with Gasteiger partial charge in [0.05, 0.1) is 0 Å². The maximum atomic E-state index is 9.05. The molecule has 0 heterocycles. The molecule has 3 nitrogen and oxygen atoms in total. The van der Waals surface area contributed by atoms with Crippen LogP contribution in [0.1, 0.15) is 22.3 Å². The number of rotatable bonds is 4. The van der Waals surface area contributed by atoms with Gasteiger partial charge in [-0.1, -0.05) is 42.0 Å². The summed E-state index contributed by atoms with van der Waals surface area (Å²) in [6.07, 6.45) is 0. The van der Waals surface area contributed by atoms with E-state index in [9.17, 15) is 0 Å². The lowest BCUT2D eigenvalue weighted by Gasteiger charge is -2.13. The maximum absolute atomic E-state index is 9.05. The van der Waals surface area contributed by atoms with Crippen LogP contribution >= 0.6 is 0 Å². The third-order valence-corrected chi connectivity index (χ3v) is 3.27. The van der Waals surface area contributed by atoms with Crippen molar-refractivity contribution in [3.63, 3.8) is 0 Å². The first-order valence-corrected chi connectivity index (χ1v) is 6.63. The van der Waals surface area contributed by atoms with Crippen LogP contribution in [-0.2, 0) is 6.61 Å². The number of aryl methyl sites for hydroxylation is 3. The van der Waals surface area contributed by atoms with E-state index in [-0.39, 0.29) is 0 Å². The van der Waals surface area contributed by atoms with Crippen molar-refractivity contribution >= 4 is 12.6 Å². The van der Waals surface area contributed by atoms with Crippen molar-refractivity contribution in [3.05, 3.63) is 58.7 Å². The largest absolute Gasteiger partial charge is 0.488 e. The molecule has 0 radical (unpaired) electrons. The first-order valence-electron chi connectivity index (χ1n) is 6.63. The van der Waals surface area contributed by atoms with Crippen LogP contribution in [0.25, 0.3) is 0 Å². The van der Waals surface area contributed by atoms with Crippen molar-refractivity contribution in [1.29, 1.82) is 0 Å². The summed E-state index contributed by atoms with van der Waals surface area (Å²) >= 11 is 0. The van der Waals surface area contributed by atoms with Gasteiger partial charge in [-0.2, -0.15) is 0 Å². The van der Waals surface area contributed by atoms with Gasteiger partial charge in [-0.25, -0.2) is 0 Å². The highest BCUT2D eigenvalue weighted by Crippen LogP contribution is 2.25. The average Bonchev–Trinajstić information content (AvgIpc) is 2.38. The Morgan fingerprint density at radius 1 is 0.950 bits per heavy atom. The van der Waals surface area contributed by atoms with E-state index in [0.29, 0.717) is 12.1 Å². The molecule has 2 aromatic rings. The summed E-state index contributed by atoms with van der Waals surface area (Å²) in [4.78, 5) is 0. The summed E-state index contributed by atoms with van der Waals surface area (Å²) in [7, 11) is -1.42. The van der Waals surface area contributed by atoms with Crippen LogP contribution in [0.2, 0.25) is 0 Å². The number of hydrogen-bond donors (Lipinski definition) is 2. The van der Waals surface area contributed by atoms with Crippen molar-refractivity contribution in [3.8, 4) is 5.75 Å². The summed E-state index contributed by atoms with van der Waals surface area (Å²) in [6, 6.07) is 11.3. The molecule has 4 heteroatoms. The fourth-order valence-corrected chi connectivity index (χ4v) is 2.34. The SMILES string of the molecule is Cc1cc(C)c(OCc2ccc(B(O)O)cc2)c(C)c1. The Morgan fingerprint density at radius 3 is 2.00 bits per heavy atom. The van der Waals surface area contributed by atoms with Crippen LogP contribution < -0.4 is 10.2 Å². The Kier molecular flexibility index (Phi) is 4.48. The van der Waals surface area contributed by atoms with E-state index in [1.165, 1.54) is 5.56 Å². The van der Waals surface area contributed by atoms with Gasteiger partial charge < -0.3 is 14.8 Å². The second-order valence-electron chi connectivity index (χ2n) is 5.13. The quantitative estimate of drug-likeness (QED) is 0.834. The molecule has 0 unspecified atom stereocenters. The van der Waals surface area contributed by atoms with Crippen molar-refractivity contribution in [1.82, 2.24) is 0 Å². The molecule has 0 aliphatic carbocycles. The Bertz CT molecular complexity index is 568. The van der Waals surface area contributed by atoms with Gasteiger partial charge in [0, 0.05) is 0 Å². The summed E-state index contributed by atoms with van der Waals surface area (Å²) in [5, 5.41) is 18.1. The minimum atomic E-state index is -1.42. The normalized spacial score (nSPS) is 10.4. The number of ether oxygens (including phenoxy) is 1. The standard InChI is InChI=1S/C16H19BO3/c1-11-8-12(2)16(13(3)9-11)20-10-14-4-6-15(7-5-14)17(18)19/h4-9,18-19H,10H2,1-3H3. The van der Waals surface area contributed by atoms with Gasteiger partial charge in [0.25, 0.3) is 0 Å². The van der Waals surface area contributed by atoms with E-state index in [1.807, 2.05) is 26.0 Å². The second-order valence-corrected chi connectivity index (χ2v) is 5.13. The molecule has 2 rings (SSSR count). The van der Waals surface area contributed by atoms with Crippen molar-refractivity contribution in [2.75, 3.05) is 0 Å². The Labute approximate surface area is 120 Å². The lowest BCUT2D eigenvalue weighted by atomic mass is 9.80. The lowest BCUT2D eigenvalue weighted by molar-refractivity contribution is 0.302. The molecule has 2 N–H and O–H groups in total. The smallest absolute Gasteiger partial charge is 0.488 e. The second kappa shape index (κ2) is 6.12. The minimum Gasteiger partial charge on any atom is -0.488 e. The van der Waals surface area contributed by atoms with Gasteiger partial charge in [-0.05, 0) is 42.9 Å². The van der Waals surface area contributed by atoms with E-state index >= 15 is 0 Å². The molecule has 0 atom stereocenters. The molecule has 0 aliphatic rings. The zero-order valence-electron chi connectivity index (χ0n) is 12.1. The molecule has 20 heavy (non-hydrogen) atoms. The molecule has 0 saturated heterocycles. The summed E-state index contributed by atoms with van der Waals surface area (Å²) < 4.78 is 5.88. The summed E-state index contributed by atoms with van der Waals surface area (Å²) in [5.41, 5.74) is 4.97. The highest BCUT2D eigenvalue weighted by atomic mass is 16.5. The van der Waals surface area contributed by atoms with Gasteiger partial charge in [-0.15, -0.1) is 0 Å². The fourth-order valence-electron chi connectivity index (χ4n) is 2.34. The van der Waals surface area contributed by atoms with Crippen LogP contribution in [0.3, 0.4) is 0 Å². The summed E-state index contributed by atoms with van der Waals surface area (Å²) in [6.45, 7) is 6.62. The number of benzene rings is 2. The monoisotopic (exact) mass is 270 g/mol. The predicted octanol–water partition coefficient (Wildman–Crippen LogP) is 1.87. The van der Waals surface area contributed by atoms with Gasteiger partial charge in [0.15, 0.2) is 0 Å². The molecular weight excluding hydrogens is 251 g/mol. The van der Waals surface area contributed by atoms with Gasteiger partial charge in [0.2, 0.25) is 0 Å². The topological polar surface area (TPSA) is 49.7 Å². The molecule has 0 bridgehead atoms. The molecule has 0 spiro atoms. The first-order chi connectivity index (χ1) is 9.47. The molecule has 104 valence electrons. The van der Waals surface area contributed by atoms with Crippen LogP contribution in [-0.4, -0.2) is 17.2 Å². The molecule has 2 aromatic carbocycles. The van der Waals surface area contributed by atoms with E-state index in [1.54, 1.807) is 12.1 Å². The van der Waals surface area contributed by atoms with Crippen LogP contribution in [0, 0.1) is 20.8 Å². The Morgan fingerprint density at radius 2 is 1.50 bits per heavy atom. The number of hydrogen-bond acceptors (Lipinski definition) is 3.